The van der Waals surface area contributed by atoms with E-state index in [4.69, 9.17) is 0 Å². The molecule has 0 aliphatic heterocycles. The molecule has 1 atom stereocenters. The first kappa shape index (κ1) is 15.3. The van der Waals surface area contributed by atoms with E-state index in [0.29, 0.717) is 6.04 Å². The zero-order valence-electron chi connectivity index (χ0n) is 12.9. The molecule has 0 aliphatic rings. The normalized spacial score (nSPS) is 12.8. The maximum Gasteiger partial charge on any atom is 0.0624 e. The molecule has 2 aromatic rings. The van der Waals surface area contributed by atoms with Gasteiger partial charge in [0.1, 0.15) is 0 Å². The first-order valence-electron chi connectivity index (χ1n) is 7.43. The van der Waals surface area contributed by atoms with E-state index in [0.717, 1.165) is 25.8 Å². The summed E-state index contributed by atoms with van der Waals surface area (Å²) >= 11 is 1.79. The van der Waals surface area contributed by atoms with E-state index in [2.05, 4.69) is 48.0 Å². The predicted molar refractivity (Wildman–Crippen MR) is 86.4 cm³/mol. The fourth-order valence-electron chi connectivity index (χ4n) is 2.48. The molecule has 2 rings (SSSR count). The average molecular weight is 291 g/mol. The van der Waals surface area contributed by atoms with Crippen LogP contribution in [0, 0.1) is 6.92 Å². The van der Waals surface area contributed by atoms with Crippen molar-refractivity contribution in [2.75, 3.05) is 6.54 Å². The number of hydrogen-bond donors (Lipinski definition) is 1. The number of nitrogens with zero attached hydrogens (tertiary/aromatic N) is 2. The Hall–Kier alpha value is -1.13. The maximum atomic E-state index is 4.56. The molecule has 2 heterocycles. The molecule has 1 N–H and O–H groups in total. The molecule has 3 nitrogen and oxygen atoms in total. The lowest BCUT2D eigenvalue weighted by molar-refractivity contribution is 0.511. The van der Waals surface area contributed by atoms with Crippen molar-refractivity contribution >= 4 is 11.3 Å². The van der Waals surface area contributed by atoms with Gasteiger partial charge < -0.3 is 5.32 Å². The van der Waals surface area contributed by atoms with Crippen LogP contribution in [0.1, 0.15) is 48.8 Å². The van der Waals surface area contributed by atoms with Gasteiger partial charge in [-0.05, 0) is 54.3 Å². The quantitative estimate of drug-likeness (QED) is 0.844. The molecule has 0 aromatic carbocycles. The molecule has 0 aliphatic carbocycles. The lowest BCUT2D eigenvalue weighted by Gasteiger charge is -2.19. The Labute approximate surface area is 126 Å². The van der Waals surface area contributed by atoms with Crippen molar-refractivity contribution in [3.63, 3.8) is 0 Å². The molecular weight excluding hydrogens is 266 g/mol. The number of thiophene rings is 1. The largest absolute Gasteiger partial charge is 0.310 e. The average Bonchev–Trinajstić information content (AvgIpc) is 3.01. The van der Waals surface area contributed by atoms with Crippen molar-refractivity contribution < 1.29 is 0 Å². The van der Waals surface area contributed by atoms with Crippen LogP contribution in [0.15, 0.2) is 16.8 Å². The summed E-state index contributed by atoms with van der Waals surface area (Å²) in [4.78, 5) is 0. The molecule has 0 saturated heterocycles. The minimum Gasteiger partial charge on any atom is -0.310 e. The third-order valence-corrected chi connectivity index (χ3v) is 4.59. The number of aryl methyl sites for hydroxylation is 3. The van der Waals surface area contributed by atoms with Gasteiger partial charge in [0.2, 0.25) is 0 Å². The fraction of sp³-hybridized carbons (Fsp3) is 0.562. The Balaban J connectivity index is 2.19. The Kier molecular flexibility index (Phi) is 5.38. The van der Waals surface area contributed by atoms with Gasteiger partial charge in [-0.25, -0.2) is 0 Å². The summed E-state index contributed by atoms with van der Waals surface area (Å²) in [5.41, 5.74) is 5.31. The highest BCUT2D eigenvalue weighted by atomic mass is 32.1. The van der Waals surface area contributed by atoms with E-state index >= 15 is 0 Å². The summed E-state index contributed by atoms with van der Waals surface area (Å²) in [7, 11) is 2.05. The van der Waals surface area contributed by atoms with Crippen molar-refractivity contribution in [2.24, 2.45) is 7.05 Å². The van der Waals surface area contributed by atoms with Gasteiger partial charge in [0.25, 0.3) is 0 Å². The SMILES string of the molecule is CCCNC(Cc1cc(CC)nn1C)c1cscc1C. The van der Waals surface area contributed by atoms with E-state index in [9.17, 15) is 0 Å². The van der Waals surface area contributed by atoms with Gasteiger partial charge in [0, 0.05) is 25.2 Å². The standard InChI is InChI=1S/C16H25N3S/c1-5-7-17-16(15-11-20-10-12(15)3)9-14-8-13(6-2)18-19(14)4/h8,10-11,16-17H,5-7,9H2,1-4H3. The Morgan fingerprint density at radius 1 is 1.35 bits per heavy atom. The maximum absolute atomic E-state index is 4.56. The zero-order chi connectivity index (χ0) is 14.5. The third kappa shape index (κ3) is 3.49. The Morgan fingerprint density at radius 3 is 2.70 bits per heavy atom. The van der Waals surface area contributed by atoms with Crippen LogP contribution in [0.25, 0.3) is 0 Å². The second-order valence-electron chi connectivity index (χ2n) is 5.33. The number of nitrogens with one attached hydrogen (secondary N) is 1. The lowest BCUT2D eigenvalue weighted by Crippen LogP contribution is -2.25. The zero-order valence-corrected chi connectivity index (χ0v) is 13.8. The van der Waals surface area contributed by atoms with Crippen molar-refractivity contribution in [3.05, 3.63) is 39.3 Å². The first-order valence-corrected chi connectivity index (χ1v) is 8.37. The van der Waals surface area contributed by atoms with E-state index in [1.807, 2.05) is 11.7 Å². The van der Waals surface area contributed by atoms with Gasteiger partial charge in [-0.3, -0.25) is 4.68 Å². The van der Waals surface area contributed by atoms with E-state index in [1.165, 1.54) is 22.5 Å². The summed E-state index contributed by atoms with van der Waals surface area (Å²) in [6.07, 6.45) is 3.16. The van der Waals surface area contributed by atoms with Gasteiger partial charge in [-0.2, -0.15) is 16.4 Å². The van der Waals surface area contributed by atoms with Crippen LogP contribution in [-0.2, 0) is 19.9 Å². The van der Waals surface area contributed by atoms with E-state index in [1.54, 1.807) is 11.3 Å². The monoisotopic (exact) mass is 291 g/mol. The summed E-state index contributed by atoms with van der Waals surface area (Å²) in [6.45, 7) is 7.62. The molecule has 2 aromatic heterocycles. The first-order chi connectivity index (χ1) is 9.65. The molecule has 0 saturated carbocycles. The smallest absolute Gasteiger partial charge is 0.0624 e. The second-order valence-corrected chi connectivity index (χ2v) is 6.07. The highest BCUT2D eigenvalue weighted by molar-refractivity contribution is 7.08. The molecule has 0 bridgehead atoms. The van der Waals surface area contributed by atoms with Crippen LogP contribution in [-0.4, -0.2) is 16.3 Å². The van der Waals surface area contributed by atoms with Gasteiger partial charge >= 0.3 is 0 Å². The van der Waals surface area contributed by atoms with Crippen LogP contribution < -0.4 is 5.32 Å². The molecule has 0 spiro atoms. The predicted octanol–water partition coefficient (Wildman–Crippen LogP) is 3.64. The third-order valence-electron chi connectivity index (χ3n) is 3.71. The van der Waals surface area contributed by atoms with E-state index in [-0.39, 0.29) is 0 Å². The molecule has 110 valence electrons. The number of rotatable bonds is 7. The number of aromatic nitrogens is 2. The van der Waals surface area contributed by atoms with Crippen LogP contribution in [0.5, 0.6) is 0 Å². The van der Waals surface area contributed by atoms with Crippen molar-refractivity contribution in [2.45, 2.75) is 46.1 Å². The minimum absolute atomic E-state index is 0.390. The minimum atomic E-state index is 0.390. The highest BCUT2D eigenvalue weighted by Crippen LogP contribution is 2.25. The Morgan fingerprint density at radius 2 is 2.15 bits per heavy atom. The molecule has 0 fully saturated rings. The van der Waals surface area contributed by atoms with E-state index < -0.39 is 0 Å². The Bertz CT molecular complexity index is 542. The highest BCUT2D eigenvalue weighted by Gasteiger charge is 2.17. The van der Waals surface area contributed by atoms with Gasteiger partial charge in [-0.1, -0.05) is 13.8 Å². The van der Waals surface area contributed by atoms with Crippen LogP contribution in [0.2, 0.25) is 0 Å². The molecule has 0 amide bonds. The van der Waals surface area contributed by atoms with Crippen LogP contribution in [0.4, 0.5) is 0 Å². The summed E-state index contributed by atoms with van der Waals surface area (Å²) in [5, 5.41) is 12.7. The second kappa shape index (κ2) is 7.04. The van der Waals surface area contributed by atoms with Crippen molar-refractivity contribution in [3.8, 4) is 0 Å². The molecule has 0 radical (unpaired) electrons. The number of hydrogen-bond acceptors (Lipinski definition) is 3. The summed E-state index contributed by atoms with van der Waals surface area (Å²) < 4.78 is 2.03. The van der Waals surface area contributed by atoms with Crippen LogP contribution >= 0.6 is 11.3 Å². The summed E-state index contributed by atoms with van der Waals surface area (Å²) in [5.74, 6) is 0. The lowest BCUT2D eigenvalue weighted by atomic mass is 10.0. The van der Waals surface area contributed by atoms with Gasteiger partial charge in [-0.15, -0.1) is 0 Å². The van der Waals surface area contributed by atoms with Crippen molar-refractivity contribution in [1.82, 2.24) is 15.1 Å². The topological polar surface area (TPSA) is 29.9 Å². The molecule has 20 heavy (non-hydrogen) atoms. The summed E-state index contributed by atoms with van der Waals surface area (Å²) in [6, 6.07) is 2.63. The van der Waals surface area contributed by atoms with Crippen molar-refractivity contribution in [1.29, 1.82) is 0 Å². The van der Waals surface area contributed by atoms with Crippen LogP contribution in [0.3, 0.4) is 0 Å². The fourth-order valence-corrected chi connectivity index (χ4v) is 3.39. The van der Waals surface area contributed by atoms with Gasteiger partial charge in [0.15, 0.2) is 0 Å². The molecular formula is C16H25N3S. The molecule has 1 unspecified atom stereocenters. The van der Waals surface area contributed by atoms with Gasteiger partial charge in [0.05, 0.1) is 5.69 Å². The molecule has 4 heteroatoms.